The van der Waals surface area contributed by atoms with Gasteiger partial charge in [0.1, 0.15) is 5.15 Å². The summed E-state index contributed by atoms with van der Waals surface area (Å²) in [6, 6.07) is 1.48. The minimum Gasteiger partial charge on any atom is -0.393 e. The quantitative estimate of drug-likeness (QED) is 0.859. The molecule has 1 atom stereocenters. The van der Waals surface area contributed by atoms with Crippen LogP contribution in [0.2, 0.25) is 10.2 Å². The van der Waals surface area contributed by atoms with E-state index < -0.39 is 6.10 Å². The molecule has 0 fully saturated rings. The smallest absolute Gasteiger partial charge is 0.255 e. The van der Waals surface area contributed by atoms with Gasteiger partial charge in [-0.3, -0.25) is 4.79 Å². The van der Waals surface area contributed by atoms with Crippen LogP contribution in [-0.4, -0.2) is 40.6 Å². The van der Waals surface area contributed by atoms with E-state index in [4.69, 9.17) is 28.3 Å². The van der Waals surface area contributed by atoms with Crippen molar-refractivity contribution in [3.05, 3.63) is 28.0 Å². The summed E-state index contributed by atoms with van der Waals surface area (Å²) in [7, 11) is 1.66. The summed E-state index contributed by atoms with van der Waals surface area (Å²) in [5.41, 5.74) is 0.382. The van der Waals surface area contributed by atoms with E-state index in [1.54, 1.807) is 14.0 Å². The first-order valence-electron chi connectivity index (χ1n) is 5.16. The maximum absolute atomic E-state index is 11.9. The lowest BCUT2D eigenvalue weighted by molar-refractivity contribution is 0.0768. The van der Waals surface area contributed by atoms with E-state index >= 15 is 0 Å². The molecule has 0 aliphatic rings. The Morgan fingerprint density at radius 3 is 2.76 bits per heavy atom. The van der Waals surface area contributed by atoms with E-state index in [-0.39, 0.29) is 16.1 Å². The van der Waals surface area contributed by atoms with Crippen LogP contribution in [0, 0.1) is 0 Å². The Balaban J connectivity index is 2.71. The molecule has 1 aromatic heterocycles. The van der Waals surface area contributed by atoms with Crippen LogP contribution in [0.25, 0.3) is 0 Å². The van der Waals surface area contributed by atoms with Crippen LogP contribution in [-0.2, 0) is 0 Å². The normalized spacial score (nSPS) is 12.3. The Kier molecular flexibility index (Phi) is 5.18. The predicted octanol–water partition coefficient (Wildman–Crippen LogP) is 2.23. The molecule has 1 aromatic rings. The Morgan fingerprint density at radius 2 is 2.24 bits per heavy atom. The Hall–Kier alpha value is -0.840. The second-order valence-corrected chi connectivity index (χ2v) is 4.63. The van der Waals surface area contributed by atoms with Gasteiger partial charge in [-0.25, -0.2) is 4.98 Å². The van der Waals surface area contributed by atoms with Crippen molar-refractivity contribution in [3.63, 3.8) is 0 Å². The molecular weight excluding hydrogens is 263 g/mol. The van der Waals surface area contributed by atoms with Gasteiger partial charge in [-0.2, -0.15) is 0 Å². The number of amides is 1. The first-order chi connectivity index (χ1) is 7.91. The van der Waals surface area contributed by atoms with Crippen LogP contribution in [0.15, 0.2) is 12.3 Å². The number of halogens is 2. The maximum atomic E-state index is 11.9. The molecule has 0 bridgehead atoms. The molecule has 0 spiro atoms. The summed E-state index contributed by atoms with van der Waals surface area (Å²) in [6.45, 7) is 2.15. The number of rotatable bonds is 4. The van der Waals surface area contributed by atoms with Gasteiger partial charge in [-0.05, 0) is 19.4 Å². The number of carbonyl (C=O) groups is 1. The van der Waals surface area contributed by atoms with Crippen LogP contribution in [0.1, 0.15) is 23.7 Å². The molecule has 0 radical (unpaired) electrons. The molecule has 1 rings (SSSR count). The van der Waals surface area contributed by atoms with E-state index in [9.17, 15) is 4.79 Å². The predicted molar refractivity (Wildman–Crippen MR) is 67.5 cm³/mol. The first kappa shape index (κ1) is 14.2. The number of hydrogen-bond donors (Lipinski definition) is 1. The van der Waals surface area contributed by atoms with Gasteiger partial charge in [0.05, 0.1) is 16.7 Å². The Bertz CT molecular complexity index is 410. The summed E-state index contributed by atoms with van der Waals surface area (Å²) in [5, 5.41) is 9.57. The standard InChI is InChI=1S/C11H14Cl2N2O2/c1-7(16)3-4-15(2)11(17)8-5-9(12)10(13)14-6-8/h5-7,16H,3-4H2,1-2H3. The van der Waals surface area contributed by atoms with Crippen LogP contribution in [0.3, 0.4) is 0 Å². The molecule has 0 aromatic carbocycles. The van der Waals surface area contributed by atoms with Crippen molar-refractivity contribution in [3.8, 4) is 0 Å². The van der Waals surface area contributed by atoms with Gasteiger partial charge >= 0.3 is 0 Å². The van der Waals surface area contributed by atoms with Crippen molar-refractivity contribution in [2.75, 3.05) is 13.6 Å². The van der Waals surface area contributed by atoms with Gasteiger partial charge in [0.15, 0.2) is 0 Å². The third-order valence-corrected chi connectivity index (χ3v) is 2.96. The topological polar surface area (TPSA) is 53.4 Å². The Labute approximate surface area is 110 Å². The van der Waals surface area contributed by atoms with Crippen molar-refractivity contribution in [2.45, 2.75) is 19.4 Å². The lowest BCUT2D eigenvalue weighted by Crippen LogP contribution is -2.29. The van der Waals surface area contributed by atoms with Crippen molar-refractivity contribution < 1.29 is 9.90 Å². The lowest BCUT2D eigenvalue weighted by atomic mass is 10.2. The molecule has 94 valence electrons. The molecule has 0 aliphatic heterocycles. The number of aromatic nitrogens is 1. The summed E-state index contributed by atoms with van der Waals surface area (Å²) in [5.74, 6) is -0.197. The highest BCUT2D eigenvalue weighted by Crippen LogP contribution is 2.20. The van der Waals surface area contributed by atoms with Crippen LogP contribution in [0.4, 0.5) is 0 Å². The molecule has 17 heavy (non-hydrogen) atoms. The minimum absolute atomic E-state index is 0.176. The molecule has 1 amide bonds. The molecular formula is C11H14Cl2N2O2. The van der Waals surface area contributed by atoms with Gasteiger partial charge in [-0.15, -0.1) is 0 Å². The summed E-state index contributed by atoms with van der Waals surface area (Å²) < 4.78 is 0. The summed E-state index contributed by atoms with van der Waals surface area (Å²) >= 11 is 11.5. The van der Waals surface area contributed by atoms with Gasteiger partial charge in [0.2, 0.25) is 0 Å². The first-order valence-corrected chi connectivity index (χ1v) is 5.92. The number of hydrogen-bond acceptors (Lipinski definition) is 3. The average molecular weight is 277 g/mol. The highest BCUT2D eigenvalue weighted by Gasteiger charge is 2.14. The Morgan fingerprint density at radius 1 is 1.59 bits per heavy atom. The fraction of sp³-hybridized carbons (Fsp3) is 0.455. The molecule has 0 saturated heterocycles. The second kappa shape index (κ2) is 6.19. The third-order valence-electron chi connectivity index (χ3n) is 2.27. The fourth-order valence-corrected chi connectivity index (χ4v) is 1.51. The van der Waals surface area contributed by atoms with Crippen LogP contribution >= 0.6 is 23.2 Å². The largest absolute Gasteiger partial charge is 0.393 e. The van der Waals surface area contributed by atoms with E-state index in [2.05, 4.69) is 4.98 Å². The number of pyridine rings is 1. The SMILES string of the molecule is CC(O)CCN(C)C(=O)c1cnc(Cl)c(Cl)c1. The van der Waals surface area contributed by atoms with Gasteiger partial charge in [-0.1, -0.05) is 23.2 Å². The van der Waals surface area contributed by atoms with E-state index in [0.29, 0.717) is 18.5 Å². The fourth-order valence-electron chi connectivity index (χ4n) is 1.24. The van der Waals surface area contributed by atoms with Crippen LogP contribution in [0.5, 0.6) is 0 Å². The highest BCUT2D eigenvalue weighted by molar-refractivity contribution is 6.41. The molecule has 1 heterocycles. The molecule has 0 saturated carbocycles. The minimum atomic E-state index is -0.433. The van der Waals surface area contributed by atoms with Crippen molar-refractivity contribution >= 4 is 29.1 Å². The lowest BCUT2D eigenvalue weighted by Gasteiger charge is -2.18. The van der Waals surface area contributed by atoms with Crippen molar-refractivity contribution in [2.24, 2.45) is 0 Å². The molecule has 1 unspecified atom stereocenters. The third kappa shape index (κ3) is 4.15. The van der Waals surface area contributed by atoms with Gasteiger partial charge in [0.25, 0.3) is 5.91 Å². The maximum Gasteiger partial charge on any atom is 0.255 e. The zero-order valence-electron chi connectivity index (χ0n) is 9.65. The molecule has 1 N–H and O–H groups in total. The second-order valence-electron chi connectivity index (χ2n) is 3.86. The van der Waals surface area contributed by atoms with Crippen molar-refractivity contribution in [1.82, 2.24) is 9.88 Å². The summed E-state index contributed by atoms with van der Waals surface area (Å²) in [6.07, 6.45) is 1.48. The highest BCUT2D eigenvalue weighted by atomic mass is 35.5. The molecule has 4 nitrogen and oxygen atoms in total. The zero-order valence-corrected chi connectivity index (χ0v) is 11.2. The number of nitrogens with zero attached hydrogens (tertiary/aromatic N) is 2. The summed E-state index contributed by atoms with van der Waals surface area (Å²) in [4.78, 5) is 17.2. The van der Waals surface area contributed by atoms with Crippen molar-refractivity contribution in [1.29, 1.82) is 0 Å². The van der Waals surface area contributed by atoms with E-state index in [1.165, 1.54) is 17.2 Å². The van der Waals surface area contributed by atoms with Gasteiger partial charge < -0.3 is 10.0 Å². The van der Waals surface area contributed by atoms with Gasteiger partial charge in [0, 0.05) is 19.8 Å². The number of aliphatic hydroxyl groups is 1. The number of carbonyl (C=O) groups excluding carboxylic acids is 1. The number of aliphatic hydroxyl groups excluding tert-OH is 1. The molecule has 0 aliphatic carbocycles. The molecule has 6 heteroatoms. The van der Waals surface area contributed by atoms with Crippen LogP contribution < -0.4 is 0 Å². The average Bonchev–Trinajstić information content (AvgIpc) is 2.28. The monoisotopic (exact) mass is 276 g/mol. The van der Waals surface area contributed by atoms with E-state index in [1.807, 2.05) is 0 Å². The van der Waals surface area contributed by atoms with E-state index in [0.717, 1.165) is 0 Å². The zero-order chi connectivity index (χ0) is 13.0.